The number of furan rings is 1. The zero-order chi connectivity index (χ0) is 26.8. The van der Waals surface area contributed by atoms with Crippen LogP contribution >= 0.6 is 11.6 Å². The van der Waals surface area contributed by atoms with Crippen molar-refractivity contribution in [3.63, 3.8) is 0 Å². The van der Waals surface area contributed by atoms with Crippen molar-refractivity contribution in [1.29, 1.82) is 0 Å². The summed E-state index contributed by atoms with van der Waals surface area (Å²) in [4.78, 5) is 30.2. The Bertz CT molecular complexity index is 1760. The number of nitrogens with zero attached hydrogens (tertiary/aromatic N) is 3. The largest absolute Gasteiger partial charge is 0.493 e. The van der Waals surface area contributed by atoms with Crippen LogP contribution in [0.15, 0.2) is 81.0 Å². The summed E-state index contributed by atoms with van der Waals surface area (Å²) in [6.45, 7) is 1.56. The second kappa shape index (κ2) is 10.4. The molecule has 192 valence electrons. The third-order valence-corrected chi connectivity index (χ3v) is 6.06. The number of ether oxygens (including phenoxy) is 3. The first kappa shape index (κ1) is 25.0. The monoisotopic (exact) mass is 531 g/mol. The molecule has 0 aliphatic heterocycles. The molecule has 10 heteroatoms. The van der Waals surface area contributed by atoms with Crippen molar-refractivity contribution in [2.45, 2.75) is 13.0 Å². The molecule has 0 radical (unpaired) electrons. The number of hydrogen-bond acceptors (Lipinski definition) is 8. The molecule has 9 nitrogen and oxygen atoms in total. The predicted molar refractivity (Wildman–Crippen MR) is 144 cm³/mol. The number of carbonyl (C=O) groups excluding carboxylic acids is 1. The number of aromatic nitrogens is 2. The summed E-state index contributed by atoms with van der Waals surface area (Å²) in [7, 11) is 2.76. The van der Waals surface area contributed by atoms with Gasteiger partial charge in [0.15, 0.2) is 23.4 Å². The number of benzene rings is 3. The van der Waals surface area contributed by atoms with E-state index in [9.17, 15) is 9.59 Å². The fourth-order valence-corrected chi connectivity index (χ4v) is 4.13. The van der Waals surface area contributed by atoms with E-state index in [0.29, 0.717) is 38.6 Å². The number of para-hydroxylation sites is 2. The van der Waals surface area contributed by atoms with Gasteiger partial charge in [-0.3, -0.25) is 4.79 Å². The Kier molecular flexibility index (Phi) is 6.85. The third-order valence-electron chi connectivity index (χ3n) is 5.82. The molecule has 2 aromatic heterocycles. The van der Waals surface area contributed by atoms with E-state index in [4.69, 9.17) is 30.2 Å². The van der Waals surface area contributed by atoms with Gasteiger partial charge in [0, 0.05) is 16.0 Å². The van der Waals surface area contributed by atoms with Gasteiger partial charge in [0.2, 0.25) is 5.82 Å². The van der Waals surface area contributed by atoms with Crippen molar-refractivity contribution in [1.82, 2.24) is 9.66 Å². The molecule has 0 saturated heterocycles. The number of methoxy groups -OCH3 is 2. The molecule has 38 heavy (non-hydrogen) atoms. The molecule has 3 aromatic carbocycles. The SMILES string of the molecule is COC(=O)[C@@H](C)Oc1c(C=Nn2c(-c3cc4cc(Cl)ccc4o3)nc3ccccc3c2=O)cccc1OC. The van der Waals surface area contributed by atoms with Crippen molar-refractivity contribution < 1.29 is 23.4 Å². The fourth-order valence-electron chi connectivity index (χ4n) is 3.95. The van der Waals surface area contributed by atoms with Gasteiger partial charge in [-0.2, -0.15) is 9.78 Å². The first-order valence-electron chi connectivity index (χ1n) is 11.6. The minimum Gasteiger partial charge on any atom is -0.493 e. The zero-order valence-corrected chi connectivity index (χ0v) is 21.4. The normalized spacial score (nSPS) is 12.2. The standard InChI is InChI=1S/C28H22ClN3O6/c1-16(28(34)36-3)37-25-17(7-6-10-23(25)35-2)15-30-32-26(31-21-9-5-4-8-20(21)27(32)33)24-14-18-13-19(29)11-12-22(18)38-24/h4-16H,1-3H3/t16-/m1/s1. The van der Waals surface area contributed by atoms with Crippen LogP contribution in [0, 0.1) is 0 Å². The number of hydrogen-bond donors (Lipinski definition) is 0. The maximum Gasteiger partial charge on any atom is 0.346 e. The second-order valence-corrected chi connectivity index (χ2v) is 8.71. The lowest BCUT2D eigenvalue weighted by atomic mass is 10.2. The first-order chi connectivity index (χ1) is 18.4. The molecular weight excluding hydrogens is 510 g/mol. The molecule has 0 saturated carbocycles. The van der Waals surface area contributed by atoms with Crippen molar-refractivity contribution >= 4 is 45.7 Å². The number of fused-ring (bicyclic) bond motifs is 2. The molecule has 5 aromatic rings. The minimum atomic E-state index is -0.911. The van der Waals surface area contributed by atoms with Gasteiger partial charge in [-0.25, -0.2) is 9.78 Å². The van der Waals surface area contributed by atoms with Gasteiger partial charge in [0.05, 0.1) is 31.3 Å². The summed E-state index contributed by atoms with van der Waals surface area (Å²) >= 11 is 6.14. The molecule has 0 amide bonds. The van der Waals surface area contributed by atoms with E-state index in [2.05, 4.69) is 10.1 Å². The quantitative estimate of drug-likeness (QED) is 0.207. The van der Waals surface area contributed by atoms with Crippen molar-refractivity contribution in [2.75, 3.05) is 14.2 Å². The number of carbonyl (C=O) groups is 1. The summed E-state index contributed by atoms with van der Waals surface area (Å²) in [5.41, 5.74) is 1.15. The number of halogens is 1. The average molecular weight is 532 g/mol. The van der Waals surface area contributed by atoms with Gasteiger partial charge in [0.25, 0.3) is 5.56 Å². The third kappa shape index (κ3) is 4.71. The lowest BCUT2D eigenvalue weighted by Gasteiger charge is -2.17. The molecule has 0 unspecified atom stereocenters. The Hall–Kier alpha value is -4.63. The molecule has 0 aliphatic rings. The maximum atomic E-state index is 13.6. The Balaban J connectivity index is 1.67. The molecule has 0 aliphatic carbocycles. The lowest BCUT2D eigenvalue weighted by molar-refractivity contribution is -0.147. The van der Waals surface area contributed by atoms with Gasteiger partial charge in [-0.15, -0.1) is 0 Å². The molecular formula is C28H22ClN3O6. The van der Waals surface area contributed by atoms with E-state index >= 15 is 0 Å². The molecule has 0 bridgehead atoms. The minimum absolute atomic E-state index is 0.200. The van der Waals surface area contributed by atoms with Crippen LogP contribution in [0.4, 0.5) is 0 Å². The topological polar surface area (TPSA) is 105 Å². The Morgan fingerprint density at radius 2 is 1.92 bits per heavy atom. The number of esters is 1. The van der Waals surface area contributed by atoms with Crippen LogP contribution < -0.4 is 15.0 Å². The summed E-state index contributed by atoms with van der Waals surface area (Å²) < 4.78 is 23.2. The number of rotatable bonds is 7. The smallest absolute Gasteiger partial charge is 0.346 e. The van der Waals surface area contributed by atoms with Crippen LogP contribution in [0.2, 0.25) is 5.02 Å². The van der Waals surface area contributed by atoms with Gasteiger partial charge in [0.1, 0.15) is 5.58 Å². The Labute approximate surface area is 221 Å². The van der Waals surface area contributed by atoms with Crippen LogP contribution in [0.25, 0.3) is 33.5 Å². The van der Waals surface area contributed by atoms with Crippen molar-refractivity contribution in [3.8, 4) is 23.1 Å². The average Bonchev–Trinajstić information content (AvgIpc) is 3.35. The van der Waals surface area contributed by atoms with Gasteiger partial charge in [-0.1, -0.05) is 29.8 Å². The molecule has 0 fully saturated rings. The van der Waals surface area contributed by atoms with Crippen LogP contribution in [0.3, 0.4) is 0 Å². The highest BCUT2D eigenvalue weighted by molar-refractivity contribution is 6.31. The molecule has 1 atom stereocenters. The highest BCUT2D eigenvalue weighted by Crippen LogP contribution is 2.32. The van der Waals surface area contributed by atoms with Gasteiger partial charge < -0.3 is 18.6 Å². The highest BCUT2D eigenvalue weighted by atomic mass is 35.5. The lowest BCUT2D eigenvalue weighted by Crippen LogP contribution is -2.25. The van der Waals surface area contributed by atoms with E-state index in [1.165, 1.54) is 20.4 Å². The van der Waals surface area contributed by atoms with Crippen LogP contribution in [0.1, 0.15) is 12.5 Å². The molecule has 0 spiro atoms. The van der Waals surface area contributed by atoms with E-state index in [0.717, 1.165) is 10.1 Å². The van der Waals surface area contributed by atoms with Crippen LogP contribution in [-0.4, -0.2) is 42.2 Å². The van der Waals surface area contributed by atoms with Crippen molar-refractivity contribution in [2.24, 2.45) is 5.10 Å². The predicted octanol–water partition coefficient (Wildman–Crippen LogP) is 5.29. The van der Waals surface area contributed by atoms with Crippen molar-refractivity contribution in [3.05, 3.63) is 87.7 Å². The Morgan fingerprint density at radius 3 is 2.71 bits per heavy atom. The molecule has 2 heterocycles. The first-order valence-corrected chi connectivity index (χ1v) is 11.9. The van der Waals surface area contributed by atoms with E-state index in [-0.39, 0.29) is 11.6 Å². The maximum absolute atomic E-state index is 13.6. The molecule has 5 rings (SSSR count). The summed E-state index contributed by atoms with van der Waals surface area (Å²) in [5, 5.41) is 6.17. The summed E-state index contributed by atoms with van der Waals surface area (Å²) in [6.07, 6.45) is 0.523. The molecule has 0 N–H and O–H groups in total. The summed E-state index contributed by atoms with van der Waals surface area (Å²) in [5.74, 6) is 0.622. The highest BCUT2D eigenvalue weighted by Gasteiger charge is 2.20. The van der Waals surface area contributed by atoms with E-state index < -0.39 is 17.6 Å². The van der Waals surface area contributed by atoms with Crippen LogP contribution in [0.5, 0.6) is 11.5 Å². The van der Waals surface area contributed by atoms with E-state index in [1.807, 2.05) is 0 Å². The zero-order valence-electron chi connectivity index (χ0n) is 20.7. The summed E-state index contributed by atoms with van der Waals surface area (Å²) in [6, 6.07) is 19.1. The second-order valence-electron chi connectivity index (χ2n) is 8.27. The Morgan fingerprint density at radius 1 is 1.11 bits per heavy atom. The van der Waals surface area contributed by atoms with Crippen LogP contribution in [-0.2, 0) is 9.53 Å². The van der Waals surface area contributed by atoms with E-state index in [1.54, 1.807) is 73.7 Å². The van der Waals surface area contributed by atoms with Gasteiger partial charge >= 0.3 is 5.97 Å². The fraction of sp³-hybridized carbons (Fsp3) is 0.143. The van der Waals surface area contributed by atoms with Gasteiger partial charge in [-0.05, 0) is 55.5 Å².